The number of benzene rings is 3. The number of aryl methyl sites for hydroxylation is 3. The van der Waals surface area contributed by atoms with Gasteiger partial charge in [0.25, 0.3) is 11.8 Å². The van der Waals surface area contributed by atoms with E-state index in [1.54, 1.807) is 7.11 Å². The number of hydrogen-bond acceptors (Lipinski definition) is 4. The summed E-state index contributed by atoms with van der Waals surface area (Å²) in [5.41, 5.74) is 6.74. The predicted molar refractivity (Wildman–Crippen MR) is 142 cm³/mol. The van der Waals surface area contributed by atoms with Crippen LogP contribution in [0.15, 0.2) is 66.4 Å². The van der Waals surface area contributed by atoms with Gasteiger partial charge in [0.2, 0.25) is 0 Å². The Hall–Kier alpha value is -3.86. The normalized spacial score (nSPS) is 14.1. The molecule has 2 amide bonds. The minimum absolute atomic E-state index is 0.0329. The molecular formula is C30H32N2O3. The second kappa shape index (κ2) is 9.06. The topological polar surface area (TPSA) is 58.6 Å². The Morgan fingerprint density at radius 2 is 1.49 bits per heavy atom. The molecule has 1 aliphatic rings. The van der Waals surface area contributed by atoms with E-state index in [-0.39, 0.29) is 17.0 Å². The van der Waals surface area contributed by atoms with Gasteiger partial charge < -0.3 is 10.1 Å². The number of imide groups is 1. The molecule has 0 aromatic heterocycles. The molecule has 0 atom stereocenters. The van der Waals surface area contributed by atoms with E-state index < -0.39 is 5.91 Å². The zero-order valence-corrected chi connectivity index (χ0v) is 21.4. The van der Waals surface area contributed by atoms with Crippen molar-refractivity contribution >= 4 is 28.8 Å². The first kappa shape index (κ1) is 24.3. The van der Waals surface area contributed by atoms with Crippen LogP contribution in [0.4, 0.5) is 11.4 Å². The number of amides is 2. The number of anilines is 2. The number of rotatable bonds is 5. The summed E-state index contributed by atoms with van der Waals surface area (Å²) in [4.78, 5) is 28.8. The van der Waals surface area contributed by atoms with Gasteiger partial charge in [-0.05, 0) is 78.3 Å². The molecule has 5 heteroatoms. The largest absolute Gasteiger partial charge is 0.495 e. The Kier molecular flexibility index (Phi) is 6.28. The van der Waals surface area contributed by atoms with Crippen LogP contribution in [0.5, 0.6) is 5.75 Å². The first-order chi connectivity index (χ1) is 16.5. The van der Waals surface area contributed by atoms with Gasteiger partial charge in [-0.15, -0.1) is 0 Å². The van der Waals surface area contributed by atoms with Crippen molar-refractivity contribution in [2.45, 2.75) is 47.0 Å². The first-order valence-electron chi connectivity index (χ1n) is 11.7. The first-order valence-corrected chi connectivity index (χ1v) is 11.7. The fourth-order valence-electron chi connectivity index (χ4n) is 4.21. The highest BCUT2D eigenvalue weighted by atomic mass is 16.5. The molecule has 0 saturated heterocycles. The molecule has 4 rings (SSSR count). The number of methoxy groups -OCH3 is 1. The Morgan fingerprint density at radius 3 is 2.09 bits per heavy atom. The minimum Gasteiger partial charge on any atom is -0.495 e. The van der Waals surface area contributed by atoms with Crippen LogP contribution in [0.3, 0.4) is 0 Å². The molecule has 3 aromatic rings. The van der Waals surface area contributed by atoms with Crippen molar-refractivity contribution in [2.75, 3.05) is 17.3 Å². The van der Waals surface area contributed by atoms with Crippen LogP contribution in [0, 0.1) is 20.8 Å². The fourth-order valence-corrected chi connectivity index (χ4v) is 4.21. The van der Waals surface area contributed by atoms with Crippen LogP contribution in [-0.2, 0) is 15.0 Å². The van der Waals surface area contributed by atoms with Gasteiger partial charge in [0.15, 0.2) is 0 Å². The molecule has 0 aliphatic carbocycles. The summed E-state index contributed by atoms with van der Waals surface area (Å²) < 4.78 is 5.51. The highest BCUT2D eigenvalue weighted by molar-refractivity contribution is 6.46. The number of nitrogens with zero attached hydrogens (tertiary/aromatic N) is 1. The van der Waals surface area contributed by atoms with Gasteiger partial charge in [-0.1, -0.05) is 57.2 Å². The molecule has 0 unspecified atom stereocenters. The number of ether oxygens (including phenoxy) is 1. The maximum Gasteiger partial charge on any atom is 0.282 e. The molecule has 1 heterocycles. The molecule has 3 aromatic carbocycles. The van der Waals surface area contributed by atoms with Crippen molar-refractivity contribution in [1.29, 1.82) is 0 Å². The van der Waals surface area contributed by atoms with Gasteiger partial charge in [0.1, 0.15) is 11.4 Å². The second-order valence-electron chi connectivity index (χ2n) is 10.1. The van der Waals surface area contributed by atoms with E-state index in [0.717, 1.165) is 22.3 Å². The average molecular weight is 469 g/mol. The lowest BCUT2D eigenvalue weighted by molar-refractivity contribution is -0.120. The van der Waals surface area contributed by atoms with Gasteiger partial charge in [0.05, 0.1) is 24.1 Å². The maximum absolute atomic E-state index is 13.8. The van der Waals surface area contributed by atoms with Crippen LogP contribution < -0.4 is 15.0 Å². The van der Waals surface area contributed by atoms with Gasteiger partial charge >= 0.3 is 0 Å². The van der Waals surface area contributed by atoms with E-state index in [0.29, 0.717) is 28.3 Å². The van der Waals surface area contributed by atoms with Crippen LogP contribution in [0.2, 0.25) is 0 Å². The standard InChI is InChI=1S/C30H32N2O3/c1-18-8-15-25(35-7)24(16-18)31-27-26(21-10-9-19(2)20(3)17-21)28(33)32(29(27)34)23-13-11-22(12-14-23)30(4,5)6/h8-17,31H,1-7H3. The molecule has 0 bridgehead atoms. The van der Waals surface area contributed by atoms with Crippen molar-refractivity contribution in [2.24, 2.45) is 0 Å². The predicted octanol–water partition coefficient (Wildman–Crippen LogP) is 6.31. The van der Waals surface area contributed by atoms with Crippen LogP contribution in [-0.4, -0.2) is 18.9 Å². The number of carbonyl (C=O) groups is 2. The smallest absolute Gasteiger partial charge is 0.282 e. The maximum atomic E-state index is 13.8. The Balaban J connectivity index is 1.84. The molecular weight excluding hydrogens is 436 g/mol. The lowest BCUT2D eigenvalue weighted by atomic mass is 9.87. The van der Waals surface area contributed by atoms with Gasteiger partial charge in [-0.2, -0.15) is 0 Å². The third kappa shape index (κ3) is 4.59. The van der Waals surface area contributed by atoms with E-state index in [2.05, 4.69) is 26.1 Å². The molecule has 35 heavy (non-hydrogen) atoms. The van der Waals surface area contributed by atoms with Crippen molar-refractivity contribution in [1.82, 2.24) is 0 Å². The summed E-state index contributed by atoms with van der Waals surface area (Å²) in [7, 11) is 1.58. The zero-order chi connectivity index (χ0) is 25.5. The van der Waals surface area contributed by atoms with Crippen LogP contribution >= 0.6 is 0 Å². The highest BCUT2D eigenvalue weighted by Crippen LogP contribution is 2.37. The summed E-state index contributed by atoms with van der Waals surface area (Å²) in [5, 5.41) is 3.24. The fraction of sp³-hybridized carbons (Fsp3) is 0.267. The molecule has 180 valence electrons. The zero-order valence-electron chi connectivity index (χ0n) is 21.4. The van der Waals surface area contributed by atoms with Crippen molar-refractivity contribution < 1.29 is 14.3 Å². The van der Waals surface area contributed by atoms with Crippen LogP contribution in [0.25, 0.3) is 5.57 Å². The summed E-state index contributed by atoms with van der Waals surface area (Å²) in [6, 6.07) is 19.1. The molecule has 1 N–H and O–H groups in total. The Labute approximate surface area is 207 Å². The second-order valence-corrected chi connectivity index (χ2v) is 10.1. The number of carbonyl (C=O) groups excluding carboxylic acids is 2. The van der Waals surface area contributed by atoms with Crippen LogP contribution in [0.1, 0.15) is 48.6 Å². The summed E-state index contributed by atoms with van der Waals surface area (Å²) >= 11 is 0. The van der Waals surface area contributed by atoms with Gasteiger partial charge in [0, 0.05) is 0 Å². The molecule has 0 radical (unpaired) electrons. The van der Waals surface area contributed by atoms with E-state index in [1.807, 2.05) is 81.4 Å². The molecule has 1 aliphatic heterocycles. The summed E-state index contributed by atoms with van der Waals surface area (Å²) in [6.07, 6.45) is 0. The Bertz CT molecular complexity index is 1350. The van der Waals surface area contributed by atoms with E-state index in [1.165, 1.54) is 4.90 Å². The molecule has 5 nitrogen and oxygen atoms in total. The quantitative estimate of drug-likeness (QED) is 0.446. The third-order valence-electron chi connectivity index (χ3n) is 6.49. The summed E-state index contributed by atoms with van der Waals surface area (Å²) in [5.74, 6) is -0.151. The monoisotopic (exact) mass is 468 g/mol. The number of nitrogens with one attached hydrogen (secondary N) is 1. The van der Waals surface area contributed by atoms with Gasteiger partial charge in [-0.3, -0.25) is 9.59 Å². The lowest BCUT2D eigenvalue weighted by Gasteiger charge is -2.21. The van der Waals surface area contributed by atoms with Crippen molar-refractivity contribution in [3.8, 4) is 5.75 Å². The van der Waals surface area contributed by atoms with Gasteiger partial charge in [-0.25, -0.2) is 4.90 Å². The average Bonchev–Trinajstić information content (AvgIpc) is 3.04. The van der Waals surface area contributed by atoms with E-state index in [9.17, 15) is 9.59 Å². The molecule has 0 spiro atoms. The summed E-state index contributed by atoms with van der Waals surface area (Å²) in [6.45, 7) is 12.4. The highest BCUT2D eigenvalue weighted by Gasteiger charge is 2.40. The lowest BCUT2D eigenvalue weighted by Crippen LogP contribution is -2.32. The minimum atomic E-state index is -0.393. The Morgan fingerprint density at radius 1 is 0.800 bits per heavy atom. The molecule has 0 saturated carbocycles. The van der Waals surface area contributed by atoms with Crippen molar-refractivity contribution in [3.05, 3.63) is 94.2 Å². The SMILES string of the molecule is COc1ccc(C)cc1NC1=C(c2ccc(C)c(C)c2)C(=O)N(c2ccc(C(C)(C)C)cc2)C1=O. The van der Waals surface area contributed by atoms with E-state index in [4.69, 9.17) is 4.74 Å². The number of hydrogen-bond donors (Lipinski definition) is 1. The molecule has 0 fully saturated rings. The van der Waals surface area contributed by atoms with Crippen molar-refractivity contribution in [3.63, 3.8) is 0 Å². The third-order valence-corrected chi connectivity index (χ3v) is 6.49. The van der Waals surface area contributed by atoms with E-state index >= 15 is 0 Å².